The minimum Gasteiger partial charge on any atom is -0.460 e. The molecule has 6 rings (SSSR count). The van der Waals surface area contributed by atoms with E-state index in [9.17, 15) is 19.1 Å². The lowest BCUT2D eigenvalue weighted by molar-refractivity contribution is -0.149. The van der Waals surface area contributed by atoms with Gasteiger partial charge in [-0.3, -0.25) is 9.59 Å². The minimum atomic E-state index is -1.52. The fourth-order valence-corrected chi connectivity index (χ4v) is 5.72. The molecule has 2 aliphatic rings. The number of halogens is 1. The van der Waals surface area contributed by atoms with Crippen molar-refractivity contribution in [3.8, 4) is 22.5 Å². The smallest absolute Gasteiger partial charge is 0.309 e. The number of cyclic esters (lactones) is 1. The molecule has 194 valence electrons. The molecule has 0 radical (unpaired) electrons. The zero-order valence-electron chi connectivity index (χ0n) is 21.9. The normalized spacial score (nSPS) is 18.5. The first-order chi connectivity index (χ1) is 18.0. The summed E-state index contributed by atoms with van der Waals surface area (Å²) < 4.78 is 21.2. The molecule has 38 heavy (non-hydrogen) atoms. The number of carbonyl (C=O) groups is 1. The quantitative estimate of drug-likeness (QED) is 0.313. The molecule has 0 saturated heterocycles. The van der Waals surface area contributed by atoms with Crippen LogP contribution in [0.5, 0.6) is 0 Å². The van der Waals surface area contributed by atoms with Gasteiger partial charge in [0.2, 0.25) is 0 Å². The van der Waals surface area contributed by atoms with E-state index < -0.39 is 17.4 Å². The van der Waals surface area contributed by atoms with Gasteiger partial charge < -0.3 is 14.4 Å². The SMILES string of the molecule is CC[C@@]1(O)CC(=O)OCc2c1cc1n(c2=O)Cc2c-1nc1cc(F)ccc1c2-c1ccc(C(C)(C)C)cc1. The van der Waals surface area contributed by atoms with Crippen LogP contribution in [0.25, 0.3) is 33.4 Å². The summed E-state index contributed by atoms with van der Waals surface area (Å²) in [5.41, 5.74) is 4.35. The lowest BCUT2D eigenvalue weighted by Crippen LogP contribution is -2.32. The van der Waals surface area contributed by atoms with Gasteiger partial charge in [-0.15, -0.1) is 0 Å². The number of ether oxygens (including phenoxy) is 1. The van der Waals surface area contributed by atoms with Crippen LogP contribution in [0.3, 0.4) is 0 Å². The first kappa shape index (κ1) is 24.5. The number of esters is 1. The molecule has 1 atom stereocenters. The molecule has 2 aromatic carbocycles. The molecule has 0 spiro atoms. The summed E-state index contributed by atoms with van der Waals surface area (Å²) in [6.45, 7) is 8.33. The van der Waals surface area contributed by atoms with Crippen LogP contribution in [0.1, 0.15) is 62.8 Å². The van der Waals surface area contributed by atoms with Gasteiger partial charge in [-0.05, 0) is 52.3 Å². The van der Waals surface area contributed by atoms with E-state index in [-0.39, 0.29) is 42.5 Å². The van der Waals surface area contributed by atoms with Crippen molar-refractivity contribution in [3.63, 3.8) is 0 Å². The zero-order valence-corrected chi connectivity index (χ0v) is 21.9. The molecule has 0 aliphatic carbocycles. The van der Waals surface area contributed by atoms with Crippen LogP contribution < -0.4 is 5.56 Å². The Morgan fingerprint density at radius 3 is 2.50 bits per heavy atom. The number of aliphatic hydroxyl groups is 1. The zero-order chi connectivity index (χ0) is 27.0. The molecule has 0 amide bonds. The first-order valence-electron chi connectivity index (χ1n) is 12.9. The molecule has 2 aromatic heterocycles. The molecule has 0 unspecified atom stereocenters. The summed E-state index contributed by atoms with van der Waals surface area (Å²) in [5.74, 6) is -0.941. The molecule has 0 saturated carbocycles. The Morgan fingerprint density at radius 1 is 1.08 bits per heavy atom. The van der Waals surface area contributed by atoms with Crippen LogP contribution in [-0.2, 0) is 33.7 Å². The van der Waals surface area contributed by atoms with Gasteiger partial charge in [-0.25, -0.2) is 9.37 Å². The van der Waals surface area contributed by atoms with Crippen molar-refractivity contribution in [2.75, 3.05) is 0 Å². The standard InChI is InChI=1S/C31H29FN2O4/c1-5-31(37)14-26(35)38-16-22-23(31)13-25-28-21(15-34(25)29(22)36)27(20-11-10-19(32)12-24(20)33-28)17-6-8-18(9-7-17)30(2,3)4/h6-13,37H,5,14-16H2,1-4H3/t31-/m1/s1. The molecule has 4 heterocycles. The van der Waals surface area contributed by atoms with Gasteiger partial charge in [0.15, 0.2) is 0 Å². The Balaban J connectivity index is 1.63. The number of aromatic nitrogens is 2. The number of fused-ring (bicyclic) bond motifs is 5. The number of benzene rings is 2. The summed E-state index contributed by atoms with van der Waals surface area (Å²) in [7, 11) is 0. The molecular formula is C31H29FN2O4. The van der Waals surface area contributed by atoms with Crippen LogP contribution in [0, 0.1) is 5.82 Å². The predicted molar refractivity (Wildman–Crippen MR) is 143 cm³/mol. The van der Waals surface area contributed by atoms with Crippen molar-refractivity contribution in [1.29, 1.82) is 0 Å². The number of hydrogen-bond acceptors (Lipinski definition) is 5. The number of rotatable bonds is 2. The predicted octanol–water partition coefficient (Wildman–Crippen LogP) is 5.57. The maximum Gasteiger partial charge on any atom is 0.309 e. The Hall–Kier alpha value is -3.84. The fourth-order valence-electron chi connectivity index (χ4n) is 5.72. The second-order valence-electron chi connectivity index (χ2n) is 11.3. The summed E-state index contributed by atoms with van der Waals surface area (Å²) in [6, 6.07) is 14.7. The Labute approximate surface area is 219 Å². The maximum atomic E-state index is 14.3. The number of hydrogen-bond donors (Lipinski definition) is 1. The van der Waals surface area contributed by atoms with E-state index in [0.29, 0.717) is 22.5 Å². The number of carbonyl (C=O) groups excluding carboxylic acids is 1. The highest BCUT2D eigenvalue weighted by atomic mass is 19.1. The third-order valence-electron chi connectivity index (χ3n) is 7.95. The van der Waals surface area contributed by atoms with Crippen molar-refractivity contribution in [2.45, 2.75) is 64.7 Å². The van der Waals surface area contributed by atoms with Crippen LogP contribution >= 0.6 is 0 Å². The average Bonchev–Trinajstić information content (AvgIpc) is 3.17. The summed E-state index contributed by atoms with van der Waals surface area (Å²) >= 11 is 0. The summed E-state index contributed by atoms with van der Waals surface area (Å²) in [4.78, 5) is 30.8. The number of nitrogens with zero attached hydrogens (tertiary/aromatic N) is 2. The second-order valence-corrected chi connectivity index (χ2v) is 11.3. The molecule has 0 bridgehead atoms. The topological polar surface area (TPSA) is 81.4 Å². The average molecular weight is 513 g/mol. The van der Waals surface area contributed by atoms with E-state index >= 15 is 0 Å². The highest BCUT2D eigenvalue weighted by Gasteiger charge is 2.40. The van der Waals surface area contributed by atoms with E-state index in [2.05, 4.69) is 45.0 Å². The highest BCUT2D eigenvalue weighted by molar-refractivity contribution is 5.99. The van der Waals surface area contributed by atoms with Crippen LogP contribution in [0.4, 0.5) is 4.39 Å². The van der Waals surface area contributed by atoms with Crippen molar-refractivity contribution in [1.82, 2.24) is 9.55 Å². The summed E-state index contributed by atoms with van der Waals surface area (Å²) in [5, 5.41) is 12.2. The minimum absolute atomic E-state index is 0.00915. The van der Waals surface area contributed by atoms with Gasteiger partial charge in [0.1, 0.15) is 18.0 Å². The highest BCUT2D eigenvalue weighted by Crippen LogP contribution is 2.43. The van der Waals surface area contributed by atoms with Gasteiger partial charge in [-0.2, -0.15) is 0 Å². The molecule has 4 aromatic rings. The Morgan fingerprint density at radius 2 is 1.82 bits per heavy atom. The van der Waals surface area contributed by atoms with Gasteiger partial charge in [0.05, 0.1) is 35.4 Å². The van der Waals surface area contributed by atoms with Gasteiger partial charge in [0.25, 0.3) is 5.56 Å². The first-order valence-corrected chi connectivity index (χ1v) is 12.9. The third kappa shape index (κ3) is 3.68. The Kier molecular flexibility index (Phi) is 5.37. The molecule has 7 heteroatoms. The fraction of sp³-hybridized carbons (Fsp3) is 0.323. The van der Waals surface area contributed by atoms with E-state index in [4.69, 9.17) is 9.72 Å². The van der Waals surface area contributed by atoms with Crippen molar-refractivity contribution < 1.29 is 19.0 Å². The van der Waals surface area contributed by atoms with Gasteiger partial charge in [-0.1, -0.05) is 52.0 Å². The van der Waals surface area contributed by atoms with Crippen LogP contribution in [0.15, 0.2) is 53.3 Å². The Bertz CT molecular complexity index is 1700. The van der Waals surface area contributed by atoms with E-state index in [0.717, 1.165) is 22.1 Å². The van der Waals surface area contributed by atoms with Gasteiger partial charge in [0, 0.05) is 17.0 Å². The summed E-state index contributed by atoms with van der Waals surface area (Å²) in [6.07, 6.45) is 0.0145. The third-order valence-corrected chi connectivity index (χ3v) is 7.95. The van der Waals surface area contributed by atoms with Crippen LogP contribution in [-0.4, -0.2) is 20.6 Å². The van der Waals surface area contributed by atoms with Crippen LogP contribution in [0.2, 0.25) is 0 Å². The molecular weight excluding hydrogens is 483 g/mol. The maximum absolute atomic E-state index is 14.3. The molecule has 0 fully saturated rings. The van der Waals surface area contributed by atoms with Crippen molar-refractivity contribution in [3.05, 3.63) is 87.0 Å². The van der Waals surface area contributed by atoms with E-state index in [1.165, 1.54) is 17.7 Å². The molecule has 6 nitrogen and oxygen atoms in total. The van der Waals surface area contributed by atoms with Crippen molar-refractivity contribution >= 4 is 16.9 Å². The van der Waals surface area contributed by atoms with E-state index in [1.54, 1.807) is 23.6 Å². The molecule has 2 aliphatic heterocycles. The molecule has 1 N–H and O–H groups in total. The second kappa shape index (κ2) is 8.33. The monoisotopic (exact) mass is 512 g/mol. The van der Waals surface area contributed by atoms with Gasteiger partial charge >= 0.3 is 5.97 Å². The lowest BCUT2D eigenvalue weighted by Gasteiger charge is -2.26. The lowest BCUT2D eigenvalue weighted by atomic mass is 9.85. The van der Waals surface area contributed by atoms with E-state index in [1.807, 2.05) is 0 Å². The van der Waals surface area contributed by atoms with Crippen molar-refractivity contribution in [2.24, 2.45) is 0 Å². The number of pyridine rings is 2. The largest absolute Gasteiger partial charge is 0.460 e.